The molecular formula is C64H44Br4F9N7O12. The van der Waals surface area contributed by atoms with Crippen LogP contribution in [0.1, 0.15) is 58.9 Å². The maximum atomic E-state index is 13.4. The number of para-hydroxylation sites is 2. The Morgan fingerprint density at radius 1 is 0.469 bits per heavy atom. The van der Waals surface area contributed by atoms with Gasteiger partial charge in [-0.1, -0.05) is 48.0 Å². The van der Waals surface area contributed by atoms with Gasteiger partial charge in [0.2, 0.25) is 5.89 Å². The molecule has 0 saturated carbocycles. The lowest BCUT2D eigenvalue weighted by Crippen LogP contribution is -2.17. The number of anilines is 3. The number of aromatic hydroxyl groups is 4. The second-order valence-electron chi connectivity index (χ2n) is 19.6. The van der Waals surface area contributed by atoms with Gasteiger partial charge in [0.05, 0.1) is 43.4 Å². The maximum Gasteiger partial charge on any atom is 0.423 e. The average molecular weight is 1590 g/mol. The van der Waals surface area contributed by atoms with Gasteiger partial charge in [0.1, 0.15) is 45.6 Å². The number of carbonyl (C=O) groups is 3. The van der Waals surface area contributed by atoms with E-state index >= 15 is 0 Å². The second-order valence-corrected chi connectivity index (χ2v) is 23.0. The van der Waals surface area contributed by atoms with Crippen LogP contribution in [0, 0.1) is 58.5 Å². The molecule has 7 N–H and O–H groups in total. The SMILES string of the molecule is Cc1ccc(C)c(C)c1.O=C(Nc1c(F)cc(F)cc1F)c1cc(O)ccc1Br.O=C(Nc1ccc([N+](=O)[O-])c(C(F)(F)F)c1)c1cc(O)ccc1Br.O=C(Nc1ccccc1C(F)(F)F)c1cc(O)ccc1Br.O=[N+]([O-])c1ccccc1-c1nnc(-c2cc(O)ccc2Br)o1. The van der Waals surface area contributed by atoms with Crippen molar-refractivity contribution in [2.75, 3.05) is 16.0 Å². The molecule has 10 aromatic rings. The number of phenols is 4. The zero-order chi connectivity index (χ0) is 71.1. The first kappa shape index (κ1) is 74.9. The highest BCUT2D eigenvalue weighted by Crippen LogP contribution is 2.40. The number of hydrogen-bond acceptors (Lipinski definition) is 14. The number of aryl methyl sites for hydroxylation is 3. The number of aromatic nitrogens is 2. The van der Waals surface area contributed by atoms with Gasteiger partial charge < -0.3 is 40.8 Å². The van der Waals surface area contributed by atoms with E-state index in [0.29, 0.717) is 47.7 Å². The van der Waals surface area contributed by atoms with E-state index in [0.717, 1.165) is 36.4 Å². The molecule has 0 fully saturated rings. The van der Waals surface area contributed by atoms with Gasteiger partial charge in [0.25, 0.3) is 35.0 Å². The van der Waals surface area contributed by atoms with Gasteiger partial charge in [-0.3, -0.25) is 34.6 Å². The fourth-order valence-electron chi connectivity index (χ4n) is 7.95. The summed E-state index contributed by atoms with van der Waals surface area (Å²) in [6.07, 6.45) is -9.52. The molecule has 3 amide bonds. The summed E-state index contributed by atoms with van der Waals surface area (Å²) in [6, 6.07) is 36.6. The van der Waals surface area contributed by atoms with Crippen LogP contribution in [0.5, 0.6) is 23.0 Å². The molecule has 0 aliphatic heterocycles. The Labute approximate surface area is 570 Å². The first-order valence-electron chi connectivity index (χ1n) is 26.7. The van der Waals surface area contributed by atoms with Crippen molar-refractivity contribution in [3.05, 3.63) is 270 Å². The van der Waals surface area contributed by atoms with Gasteiger partial charge in [-0.05, 0) is 199 Å². The van der Waals surface area contributed by atoms with Crippen molar-refractivity contribution in [3.8, 4) is 45.9 Å². The summed E-state index contributed by atoms with van der Waals surface area (Å²) in [5.74, 6) is -6.26. The molecule has 1 aromatic heterocycles. The Hall–Kier alpha value is -10.2. The van der Waals surface area contributed by atoms with Gasteiger partial charge in [0, 0.05) is 47.8 Å². The van der Waals surface area contributed by atoms with Crippen molar-refractivity contribution in [2.45, 2.75) is 33.1 Å². The summed E-state index contributed by atoms with van der Waals surface area (Å²) >= 11 is 12.6. The van der Waals surface area contributed by atoms with Crippen LogP contribution in [0.15, 0.2) is 192 Å². The molecular weight excluding hydrogens is 1550 g/mol. The fourth-order valence-corrected chi connectivity index (χ4v) is 9.65. The topological polar surface area (TPSA) is 293 Å². The maximum absolute atomic E-state index is 13.4. The molecule has 0 bridgehead atoms. The first-order valence-corrected chi connectivity index (χ1v) is 29.9. The molecule has 1 heterocycles. The minimum Gasteiger partial charge on any atom is -0.508 e. The number of rotatable bonds is 10. The van der Waals surface area contributed by atoms with Crippen molar-refractivity contribution < 1.29 is 88.6 Å². The molecule has 19 nitrogen and oxygen atoms in total. The lowest BCUT2D eigenvalue weighted by molar-refractivity contribution is -0.388. The van der Waals surface area contributed by atoms with Crippen LogP contribution in [0.3, 0.4) is 0 Å². The Morgan fingerprint density at radius 3 is 1.41 bits per heavy atom. The first-order chi connectivity index (χ1) is 45.0. The van der Waals surface area contributed by atoms with E-state index in [1.807, 2.05) is 5.32 Å². The molecule has 32 heteroatoms. The zero-order valence-corrected chi connectivity index (χ0v) is 55.3. The number of nitro groups is 2. The number of amides is 3. The highest BCUT2D eigenvalue weighted by atomic mass is 79.9. The fraction of sp³-hybridized carbons (Fsp3) is 0.0781. The van der Waals surface area contributed by atoms with Gasteiger partial charge >= 0.3 is 12.4 Å². The van der Waals surface area contributed by atoms with E-state index in [4.69, 9.17) is 4.42 Å². The highest BCUT2D eigenvalue weighted by molar-refractivity contribution is 9.11. The molecule has 0 aliphatic carbocycles. The minimum absolute atomic E-state index is 0.0121. The smallest absolute Gasteiger partial charge is 0.423 e. The Kier molecular flexibility index (Phi) is 25.6. The molecule has 10 rings (SSSR count). The molecule has 0 atom stereocenters. The van der Waals surface area contributed by atoms with Crippen LogP contribution in [0.2, 0.25) is 0 Å². The largest absolute Gasteiger partial charge is 0.508 e. The number of phenolic OH excluding ortho intramolecular Hbond substituents is 4. The third kappa shape index (κ3) is 20.7. The number of benzene rings is 9. The molecule has 0 unspecified atom stereocenters. The van der Waals surface area contributed by atoms with E-state index in [9.17, 15) is 94.6 Å². The van der Waals surface area contributed by atoms with E-state index in [-0.39, 0.29) is 74.1 Å². The minimum atomic E-state index is -4.95. The van der Waals surface area contributed by atoms with Crippen LogP contribution < -0.4 is 16.0 Å². The number of alkyl halides is 6. The standard InChI is InChI=1S/C14H8BrF3N2O4.C14H9BrF3NO2.C14H8BrN3O4.C13H7BrF3NO2.C9H12/c15-11-3-2-8(21)6-9(11)13(22)19-7-1-4-12(20(23)24)10(5-7)14(16,17)18;15-11-6-5-8(20)7-9(11)13(21)19-12-4-2-1-3-10(12)14(16,17)18;15-11-6-5-8(19)7-10(11)14-17-16-13(22-14)9-3-1-2-4-12(9)18(20)21;14-9-2-1-7(19)5-8(9)13(20)18-12-10(16)3-6(15)4-11(12)17;1-7-4-5-8(2)9(3)6-7/h1-6,21H,(H,19,22);1-7,20H,(H,19,21);1-7,19H;1-5,19H,(H,18,20);4-6H,1-3H3. The zero-order valence-electron chi connectivity index (χ0n) is 48.9. The summed E-state index contributed by atoms with van der Waals surface area (Å²) in [4.78, 5) is 56.1. The Bertz CT molecular complexity index is 4540. The van der Waals surface area contributed by atoms with Crippen molar-refractivity contribution in [1.29, 1.82) is 0 Å². The van der Waals surface area contributed by atoms with Crippen LogP contribution in [-0.2, 0) is 12.4 Å². The van der Waals surface area contributed by atoms with Crippen molar-refractivity contribution in [1.82, 2.24) is 10.2 Å². The predicted molar refractivity (Wildman–Crippen MR) is 349 cm³/mol. The third-order valence-electron chi connectivity index (χ3n) is 12.7. The van der Waals surface area contributed by atoms with Crippen LogP contribution >= 0.6 is 63.7 Å². The van der Waals surface area contributed by atoms with Crippen LogP contribution in [0.4, 0.5) is 68.0 Å². The van der Waals surface area contributed by atoms with E-state index in [1.54, 1.807) is 18.2 Å². The van der Waals surface area contributed by atoms with Crippen molar-refractivity contribution >= 4 is 110 Å². The summed E-state index contributed by atoms with van der Waals surface area (Å²) < 4.78 is 124. The van der Waals surface area contributed by atoms with E-state index in [2.05, 4.69) is 124 Å². The van der Waals surface area contributed by atoms with Gasteiger partial charge in [-0.15, -0.1) is 10.2 Å². The van der Waals surface area contributed by atoms with Crippen molar-refractivity contribution in [2.24, 2.45) is 0 Å². The molecule has 0 saturated heterocycles. The van der Waals surface area contributed by atoms with Gasteiger partial charge in [-0.2, -0.15) is 26.3 Å². The Balaban J connectivity index is 0.000000194. The molecule has 0 aliphatic rings. The van der Waals surface area contributed by atoms with Crippen LogP contribution in [0.25, 0.3) is 22.9 Å². The van der Waals surface area contributed by atoms with E-state index < -0.39 is 79.9 Å². The quantitative estimate of drug-likeness (QED) is 0.0381. The van der Waals surface area contributed by atoms with Crippen LogP contribution in [-0.4, -0.2) is 58.2 Å². The number of hydrogen-bond donors (Lipinski definition) is 7. The normalized spacial score (nSPS) is 10.8. The number of halogens is 13. The Morgan fingerprint density at radius 2 is 0.917 bits per heavy atom. The van der Waals surface area contributed by atoms with Gasteiger partial charge in [-0.25, -0.2) is 13.2 Å². The lowest BCUT2D eigenvalue weighted by Gasteiger charge is -2.14. The summed E-state index contributed by atoms with van der Waals surface area (Å²) in [7, 11) is 0. The summed E-state index contributed by atoms with van der Waals surface area (Å²) in [5.41, 5.74) is -0.165. The monoisotopic (exact) mass is 1590 g/mol. The predicted octanol–water partition coefficient (Wildman–Crippen LogP) is 19.0. The second kappa shape index (κ2) is 32.8. The molecule has 96 heavy (non-hydrogen) atoms. The molecule has 0 radical (unpaired) electrons. The third-order valence-corrected chi connectivity index (χ3v) is 15.4. The van der Waals surface area contributed by atoms with Crippen molar-refractivity contribution in [3.63, 3.8) is 0 Å². The summed E-state index contributed by atoms with van der Waals surface area (Å²) in [6.45, 7) is 6.39. The molecule has 9 aromatic carbocycles. The van der Waals surface area contributed by atoms with E-state index in [1.165, 1.54) is 89.5 Å². The summed E-state index contributed by atoms with van der Waals surface area (Å²) in [5, 5.41) is 73.4. The highest BCUT2D eigenvalue weighted by Gasteiger charge is 2.39. The molecule has 498 valence electrons. The number of nitrogens with zero attached hydrogens (tertiary/aromatic N) is 4. The number of nitrogens with one attached hydrogen (secondary N) is 3. The molecule has 0 spiro atoms. The van der Waals surface area contributed by atoms with Gasteiger partial charge in [0.15, 0.2) is 11.6 Å². The number of nitro benzene ring substituents is 2. The lowest BCUT2D eigenvalue weighted by atomic mass is 10.1. The number of carbonyl (C=O) groups excluding carboxylic acids is 3. The average Bonchev–Trinajstić information content (AvgIpc) is 1.20.